The lowest BCUT2D eigenvalue weighted by molar-refractivity contribution is -0.149. The van der Waals surface area contributed by atoms with Crippen molar-refractivity contribution in [3.63, 3.8) is 0 Å². The van der Waals surface area contributed by atoms with Gasteiger partial charge in [0.25, 0.3) is 5.91 Å². The van der Waals surface area contributed by atoms with Crippen LogP contribution in [0.2, 0.25) is 0 Å². The maximum absolute atomic E-state index is 13.5. The Hall–Kier alpha value is -5.14. The summed E-state index contributed by atoms with van der Waals surface area (Å²) in [6.45, 7) is 5.66. The molecule has 2 saturated heterocycles. The first-order valence-electron chi connectivity index (χ1n) is 14.6. The lowest BCUT2D eigenvalue weighted by Crippen LogP contribution is -2.75. The molecular formula is C34H35N7O3. The first-order chi connectivity index (χ1) is 21.3. The number of carbonyl (C=O) groups is 2. The lowest BCUT2D eigenvalue weighted by Gasteiger charge is -2.49. The number of likely N-dealkylation sites (tertiary alicyclic amines) is 2. The first kappa shape index (κ1) is 29.0. The molecule has 4 aromatic rings. The molecule has 2 amide bonds. The number of benzene rings is 2. The molecule has 10 heteroatoms. The van der Waals surface area contributed by atoms with Gasteiger partial charge in [-0.05, 0) is 61.7 Å². The fraction of sp³-hybridized carbons (Fsp3) is 0.294. The van der Waals surface area contributed by atoms with Gasteiger partial charge in [0.15, 0.2) is 0 Å². The van der Waals surface area contributed by atoms with Gasteiger partial charge in [-0.15, -0.1) is 0 Å². The first-order valence-corrected chi connectivity index (χ1v) is 14.6. The molecule has 224 valence electrons. The lowest BCUT2D eigenvalue weighted by atomic mass is 9.86. The van der Waals surface area contributed by atoms with Crippen molar-refractivity contribution in [2.45, 2.75) is 18.4 Å². The molecule has 44 heavy (non-hydrogen) atoms. The van der Waals surface area contributed by atoms with Crippen molar-refractivity contribution in [1.82, 2.24) is 29.7 Å². The van der Waals surface area contributed by atoms with Crippen LogP contribution in [-0.2, 0) is 16.6 Å². The Morgan fingerprint density at radius 3 is 2.39 bits per heavy atom. The minimum Gasteiger partial charge on any atom is -0.457 e. The van der Waals surface area contributed by atoms with Crippen molar-refractivity contribution in [2.75, 3.05) is 39.0 Å². The molecular weight excluding hydrogens is 554 g/mol. The van der Waals surface area contributed by atoms with Crippen LogP contribution in [0.1, 0.15) is 18.5 Å². The summed E-state index contributed by atoms with van der Waals surface area (Å²) in [6.07, 6.45) is 4.16. The maximum atomic E-state index is 13.5. The molecule has 4 heterocycles. The van der Waals surface area contributed by atoms with Gasteiger partial charge >= 0.3 is 0 Å². The van der Waals surface area contributed by atoms with Gasteiger partial charge < -0.3 is 30.2 Å². The number of likely N-dealkylation sites (N-methyl/N-ethyl adjacent to an activating group) is 1. The molecule has 0 saturated carbocycles. The summed E-state index contributed by atoms with van der Waals surface area (Å²) in [7, 11) is 3.86. The smallest absolute Gasteiger partial charge is 0.251 e. The van der Waals surface area contributed by atoms with Crippen LogP contribution in [0.15, 0.2) is 73.6 Å². The van der Waals surface area contributed by atoms with Gasteiger partial charge in [0.05, 0.1) is 5.39 Å². The van der Waals surface area contributed by atoms with Gasteiger partial charge in [0.2, 0.25) is 5.91 Å². The zero-order valence-electron chi connectivity index (χ0n) is 24.9. The highest BCUT2D eigenvalue weighted by Crippen LogP contribution is 2.37. The molecule has 0 unspecified atom stereocenters. The summed E-state index contributed by atoms with van der Waals surface area (Å²) < 4.78 is 7.95. The molecule has 0 bridgehead atoms. The van der Waals surface area contributed by atoms with E-state index in [1.807, 2.05) is 83.1 Å². The van der Waals surface area contributed by atoms with E-state index in [9.17, 15) is 9.59 Å². The minimum absolute atomic E-state index is 0.0399. The van der Waals surface area contributed by atoms with Gasteiger partial charge in [-0.2, -0.15) is 0 Å². The number of anilines is 1. The number of nitrogens with zero attached hydrogens (tertiary/aromatic N) is 5. The summed E-state index contributed by atoms with van der Waals surface area (Å²) in [4.78, 5) is 38.2. The Kier molecular flexibility index (Phi) is 7.80. The van der Waals surface area contributed by atoms with E-state index < -0.39 is 5.54 Å². The topological polar surface area (TPSA) is 119 Å². The number of rotatable bonds is 6. The molecule has 2 fully saturated rings. The SMILES string of the molecule is C=CC(=O)NC1(C(=O)N2CCC(C#Cc3c(-c4ccc(Oc5ccccc5)cc4)c4c(N)ncnc4n3C)CC2)CN(C)C1. The maximum Gasteiger partial charge on any atom is 0.251 e. The van der Waals surface area contributed by atoms with Crippen molar-refractivity contribution in [3.05, 3.63) is 79.3 Å². The Labute approximate surface area is 256 Å². The van der Waals surface area contributed by atoms with Gasteiger partial charge in [0, 0.05) is 44.7 Å². The number of amides is 2. The number of aryl methyl sites for hydroxylation is 1. The largest absolute Gasteiger partial charge is 0.457 e. The average Bonchev–Trinajstić information content (AvgIpc) is 3.32. The van der Waals surface area contributed by atoms with Crippen molar-refractivity contribution < 1.29 is 14.3 Å². The average molecular weight is 590 g/mol. The Balaban J connectivity index is 1.23. The second-order valence-electron chi connectivity index (χ2n) is 11.5. The van der Waals surface area contributed by atoms with Gasteiger partial charge in [-0.3, -0.25) is 9.59 Å². The number of nitrogen functional groups attached to an aromatic ring is 1. The molecule has 6 rings (SSSR count). The molecule has 10 nitrogen and oxygen atoms in total. The summed E-state index contributed by atoms with van der Waals surface area (Å²) >= 11 is 0. The minimum atomic E-state index is -0.890. The third kappa shape index (κ3) is 5.50. The second-order valence-corrected chi connectivity index (χ2v) is 11.5. The Morgan fingerprint density at radius 1 is 1.05 bits per heavy atom. The zero-order chi connectivity index (χ0) is 30.8. The van der Waals surface area contributed by atoms with Crippen LogP contribution in [0.5, 0.6) is 11.5 Å². The number of piperidine rings is 1. The molecule has 0 aliphatic carbocycles. The van der Waals surface area contributed by atoms with E-state index in [4.69, 9.17) is 10.5 Å². The number of fused-ring (bicyclic) bond motifs is 1. The van der Waals surface area contributed by atoms with E-state index in [2.05, 4.69) is 33.7 Å². The van der Waals surface area contributed by atoms with Crippen LogP contribution in [-0.4, -0.2) is 74.9 Å². The molecule has 0 atom stereocenters. The van der Waals surface area contributed by atoms with Crippen molar-refractivity contribution in [2.24, 2.45) is 13.0 Å². The monoisotopic (exact) mass is 589 g/mol. The summed E-state index contributed by atoms with van der Waals surface area (Å²) in [6, 6.07) is 17.5. The van der Waals surface area contributed by atoms with E-state index in [-0.39, 0.29) is 17.7 Å². The van der Waals surface area contributed by atoms with E-state index in [1.165, 1.54) is 12.4 Å². The van der Waals surface area contributed by atoms with Gasteiger partial charge in [0.1, 0.15) is 40.5 Å². The van der Waals surface area contributed by atoms with E-state index >= 15 is 0 Å². The number of hydrogen-bond donors (Lipinski definition) is 2. The zero-order valence-corrected chi connectivity index (χ0v) is 24.9. The van der Waals surface area contributed by atoms with Crippen molar-refractivity contribution >= 4 is 28.7 Å². The summed E-state index contributed by atoms with van der Waals surface area (Å²) in [5.41, 5.74) is 8.80. The number of nitrogens with one attached hydrogen (secondary N) is 1. The van der Waals surface area contributed by atoms with Crippen molar-refractivity contribution in [1.29, 1.82) is 0 Å². The van der Waals surface area contributed by atoms with Gasteiger partial charge in [-0.1, -0.05) is 42.8 Å². The van der Waals surface area contributed by atoms with Crippen LogP contribution in [0.4, 0.5) is 5.82 Å². The number of hydrogen-bond acceptors (Lipinski definition) is 7. The highest BCUT2D eigenvalue weighted by molar-refractivity contribution is 6.03. The van der Waals surface area contributed by atoms with E-state index in [1.54, 1.807) is 0 Å². The third-order valence-electron chi connectivity index (χ3n) is 8.33. The predicted octanol–water partition coefficient (Wildman–Crippen LogP) is 3.59. The van der Waals surface area contributed by atoms with Crippen LogP contribution in [0.25, 0.3) is 22.2 Å². The summed E-state index contributed by atoms with van der Waals surface area (Å²) in [5.74, 6) is 8.52. The number of nitrogens with two attached hydrogens (primary N) is 1. The normalized spacial score (nSPS) is 16.5. The number of aromatic nitrogens is 3. The van der Waals surface area contributed by atoms with Crippen LogP contribution < -0.4 is 15.8 Å². The molecule has 2 aliphatic heterocycles. The third-order valence-corrected chi connectivity index (χ3v) is 8.33. The molecule has 2 aromatic heterocycles. The molecule has 3 N–H and O–H groups in total. The van der Waals surface area contributed by atoms with Crippen molar-refractivity contribution in [3.8, 4) is 34.5 Å². The van der Waals surface area contributed by atoms with E-state index in [0.29, 0.717) is 37.6 Å². The molecule has 2 aliphatic rings. The fourth-order valence-electron chi connectivity index (χ4n) is 6.15. The fourth-order valence-corrected chi connectivity index (χ4v) is 6.15. The highest BCUT2D eigenvalue weighted by atomic mass is 16.5. The van der Waals surface area contributed by atoms with Crippen LogP contribution in [0.3, 0.4) is 0 Å². The highest BCUT2D eigenvalue weighted by Gasteiger charge is 2.50. The Bertz CT molecular complexity index is 1770. The van der Waals surface area contributed by atoms with Gasteiger partial charge in [-0.25, -0.2) is 9.97 Å². The number of ether oxygens (including phenoxy) is 1. The predicted molar refractivity (Wildman–Crippen MR) is 170 cm³/mol. The molecule has 0 radical (unpaired) electrons. The second kappa shape index (κ2) is 11.9. The molecule has 0 spiro atoms. The standard InChI is InChI=1S/C34H35N7O3/c1-4-28(42)38-34(20-39(2)21-34)33(43)41-18-16-23(17-19-41)10-15-27-29(30-31(35)36-22-37-32(30)40(27)3)24-11-13-26(14-12-24)44-25-8-6-5-7-9-25/h4-9,11-14,22-23H,1,16-21H2,2-3H3,(H,38,42)(H2,35,36,37). The number of carbonyl (C=O) groups excluding carboxylic acids is 2. The Morgan fingerprint density at radius 2 is 1.73 bits per heavy atom. The summed E-state index contributed by atoms with van der Waals surface area (Å²) in [5, 5.41) is 3.63. The number of para-hydroxylation sites is 1. The van der Waals surface area contributed by atoms with Crippen LogP contribution >= 0.6 is 0 Å². The quantitative estimate of drug-likeness (QED) is 0.261. The molecule has 2 aromatic carbocycles. The van der Waals surface area contributed by atoms with Crippen LogP contribution in [0, 0.1) is 17.8 Å². The van der Waals surface area contributed by atoms with E-state index in [0.717, 1.165) is 46.5 Å².